The van der Waals surface area contributed by atoms with Crippen molar-refractivity contribution in [1.82, 2.24) is 15.1 Å². The minimum Gasteiger partial charge on any atom is -0.350 e. The van der Waals surface area contributed by atoms with Crippen molar-refractivity contribution in [3.63, 3.8) is 0 Å². The number of benzene rings is 1. The maximum atomic E-state index is 12.8. The van der Waals surface area contributed by atoms with E-state index in [1.54, 1.807) is 0 Å². The number of rotatable bonds is 4. The van der Waals surface area contributed by atoms with Crippen LogP contribution in [0.2, 0.25) is 0 Å². The highest BCUT2D eigenvalue weighted by atomic mass is 19.1. The lowest BCUT2D eigenvalue weighted by atomic mass is 9.98. The van der Waals surface area contributed by atoms with Crippen LogP contribution in [0.3, 0.4) is 0 Å². The fourth-order valence-corrected chi connectivity index (χ4v) is 2.73. The normalized spacial score (nSPS) is 13.8. The summed E-state index contributed by atoms with van der Waals surface area (Å²) in [7, 11) is 0. The Hall–Kier alpha value is -2.17. The quantitative estimate of drug-likeness (QED) is 0.938. The van der Waals surface area contributed by atoms with E-state index in [0.717, 1.165) is 12.8 Å². The van der Waals surface area contributed by atoms with E-state index in [0.29, 0.717) is 18.7 Å². The van der Waals surface area contributed by atoms with Crippen LogP contribution in [0.25, 0.3) is 0 Å². The predicted octanol–water partition coefficient (Wildman–Crippen LogP) is 2.33. The molecule has 5 heteroatoms. The molecule has 1 N–H and O–H groups in total. The summed E-state index contributed by atoms with van der Waals surface area (Å²) in [6, 6.07) is 5.55. The lowest BCUT2D eigenvalue weighted by Crippen LogP contribution is -2.28. The van der Waals surface area contributed by atoms with Gasteiger partial charge in [0.15, 0.2) is 0 Å². The summed E-state index contributed by atoms with van der Waals surface area (Å²) < 4.78 is 14.8. The Bertz CT molecular complexity index is 633. The van der Waals surface area contributed by atoms with Crippen LogP contribution in [0, 0.1) is 5.82 Å². The van der Waals surface area contributed by atoms with Gasteiger partial charge in [-0.05, 0) is 55.5 Å². The van der Waals surface area contributed by atoms with Crippen molar-refractivity contribution in [3.05, 3.63) is 53.1 Å². The maximum Gasteiger partial charge on any atom is 0.251 e. The van der Waals surface area contributed by atoms with Crippen molar-refractivity contribution in [3.8, 4) is 0 Å². The largest absolute Gasteiger partial charge is 0.350 e. The number of amides is 1. The van der Waals surface area contributed by atoms with E-state index in [2.05, 4.69) is 10.4 Å². The van der Waals surface area contributed by atoms with E-state index in [-0.39, 0.29) is 11.7 Å². The third-order valence-corrected chi connectivity index (χ3v) is 3.86. The van der Waals surface area contributed by atoms with Crippen molar-refractivity contribution >= 4 is 5.91 Å². The van der Waals surface area contributed by atoms with Gasteiger partial charge in [0.2, 0.25) is 0 Å². The molecule has 4 nitrogen and oxygen atoms in total. The van der Waals surface area contributed by atoms with Crippen LogP contribution in [-0.2, 0) is 19.4 Å². The second-order valence-corrected chi connectivity index (χ2v) is 5.31. The highest BCUT2D eigenvalue weighted by Gasteiger charge is 2.14. The molecule has 1 heterocycles. The molecule has 1 aliphatic carbocycles. The summed E-state index contributed by atoms with van der Waals surface area (Å²) in [5, 5.41) is 7.24. The molecule has 21 heavy (non-hydrogen) atoms. The molecule has 0 aliphatic heterocycles. The Labute approximate surface area is 123 Å². The monoisotopic (exact) mass is 287 g/mol. The third kappa shape index (κ3) is 3.12. The first kappa shape index (κ1) is 13.8. The molecule has 110 valence electrons. The van der Waals surface area contributed by atoms with Gasteiger partial charge in [0.25, 0.3) is 5.91 Å². The van der Waals surface area contributed by atoms with Gasteiger partial charge in [0.05, 0.1) is 12.7 Å². The average Bonchev–Trinajstić information content (AvgIpc) is 2.91. The van der Waals surface area contributed by atoms with Crippen LogP contribution in [0.1, 0.15) is 34.5 Å². The number of aromatic nitrogens is 2. The van der Waals surface area contributed by atoms with Gasteiger partial charge in [-0.3, -0.25) is 9.48 Å². The minimum atomic E-state index is -0.338. The number of carbonyl (C=O) groups is 1. The zero-order valence-corrected chi connectivity index (χ0v) is 11.8. The number of carbonyl (C=O) groups excluding carboxylic acids is 1. The molecule has 0 unspecified atom stereocenters. The lowest BCUT2D eigenvalue weighted by molar-refractivity contribution is 0.0951. The van der Waals surface area contributed by atoms with Crippen LogP contribution in [0.5, 0.6) is 0 Å². The Morgan fingerprint density at radius 3 is 2.81 bits per heavy atom. The van der Waals surface area contributed by atoms with Gasteiger partial charge in [0, 0.05) is 17.8 Å². The van der Waals surface area contributed by atoms with E-state index in [4.69, 9.17) is 0 Å². The average molecular weight is 287 g/mol. The smallest absolute Gasteiger partial charge is 0.251 e. The van der Waals surface area contributed by atoms with Crippen molar-refractivity contribution in [2.45, 2.75) is 32.2 Å². The Balaban J connectivity index is 1.55. The van der Waals surface area contributed by atoms with E-state index in [1.165, 1.54) is 48.4 Å². The Morgan fingerprint density at radius 1 is 1.24 bits per heavy atom. The van der Waals surface area contributed by atoms with Crippen molar-refractivity contribution in [1.29, 1.82) is 0 Å². The first-order valence-corrected chi connectivity index (χ1v) is 7.31. The number of halogens is 1. The number of hydrogen-bond acceptors (Lipinski definition) is 2. The van der Waals surface area contributed by atoms with E-state index >= 15 is 0 Å². The summed E-state index contributed by atoms with van der Waals surface area (Å²) in [5.41, 5.74) is 3.11. The van der Waals surface area contributed by atoms with Gasteiger partial charge >= 0.3 is 0 Å². The highest BCUT2D eigenvalue weighted by molar-refractivity contribution is 5.94. The molecule has 0 spiro atoms. The molecule has 0 radical (unpaired) electrons. The predicted molar refractivity (Wildman–Crippen MR) is 77.6 cm³/mol. The van der Waals surface area contributed by atoms with Gasteiger partial charge in [0.1, 0.15) is 5.82 Å². The third-order valence-electron chi connectivity index (χ3n) is 3.86. The maximum absolute atomic E-state index is 12.8. The molecule has 1 aromatic carbocycles. The molecule has 1 amide bonds. The zero-order valence-electron chi connectivity index (χ0n) is 11.8. The SMILES string of the molecule is O=C(NCCn1ncc2c1CCCC2)c1ccc(F)cc1. The molecule has 0 saturated carbocycles. The van der Waals surface area contributed by atoms with Crippen LogP contribution >= 0.6 is 0 Å². The molecule has 0 saturated heterocycles. The first-order chi connectivity index (χ1) is 10.2. The van der Waals surface area contributed by atoms with Crippen LogP contribution in [-0.4, -0.2) is 22.2 Å². The summed E-state index contributed by atoms with van der Waals surface area (Å²) >= 11 is 0. The van der Waals surface area contributed by atoms with Gasteiger partial charge in [-0.15, -0.1) is 0 Å². The molecule has 2 aromatic rings. The van der Waals surface area contributed by atoms with Gasteiger partial charge in [-0.1, -0.05) is 0 Å². The van der Waals surface area contributed by atoms with Crippen molar-refractivity contribution < 1.29 is 9.18 Å². The Morgan fingerprint density at radius 2 is 2.00 bits per heavy atom. The van der Waals surface area contributed by atoms with Gasteiger partial charge < -0.3 is 5.32 Å². The fourth-order valence-electron chi connectivity index (χ4n) is 2.73. The number of nitrogens with one attached hydrogen (secondary N) is 1. The lowest BCUT2D eigenvalue weighted by Gasteiger charge is -2.14. The van der Waals surface area contributed by atoms with E-state index in [9.17, 15) is 9.18 Å². The second-order valence-electron chi connectivity index (χ2n) is 5.31. The zero-order chi connectivity index (χ0) is 14.7. The van der Waals surface area contributed by atoms with Crippen LogP contribution in [0.15, 0.2) is 30.5 Å². The van der Waals surface area contributed by atoms with Crippen molar-refractivity contribution in [2.75, 3.05) is 6.54 Å². The van der Waals surface area contributed by atoms with E-state index < -0.39 is 0 Å². The summed E-state index contributed by atoms with van der Waals surface area (Å²) in [4.78, 5) is 11.9. The van der Waals surface area contributed by atoms with Crippen molar-refractivity contribution in [2.24, 2.45) is 0 Å². The van der Waals surface area contributed by atoms with Gasteiger partial charge in [-0.25, -0.2) is 4.39 Å². The number of aryl methyl sites for hydroxylation is 1. The number of hydrogen-bond donors (Lipinski definition) is 1. The van der Waals surface area contributed by atoms with Crippen LogP contribution in [0.4, 0.5) is 4.39 Å². The topological polar surface area (TPSA) is 46.9 Å². The molecule has 0 atom stereocenters. The molecule has 0 fully saturated rings. The minimum absolute atomic E-state index is 0.184. The number of nitrogens with zero attached hydrogens (tertiary/aromatic N) is 2. The standard InChI is InChI=1S/C16H18FN3O/c17-14-7-5-12(6-8-14)16(21)18-9-10-20-15-4-2-1-3-13(15)11-19-20/h5-8,11H,1-4,9-10H2,(H,18,21). The first-order valence-electron chi connectivity index (χ1n) is 7.31. The van der Waals surface area contributed by atoms with Crippen LogP contribution < -0.4 is 5.32 Å². The molecule has 0 bridgehead atoms. The van der Waals surface area contributed by atoms with Gasteiger partial charge in [-0.2, -0.15) is 5.10 Å². The summed E-state index contributed by atoms with van der Waals surface area (Å²) in [5.74, 6) is -0.522. The highest BCUT2D eigenvalue weighted by Crippen LogP contribution is 2.20. The summed E-state index contributed by atoms with van der Waals surface area (Å²) in [6.45, 7) is 1.19. The number of fused-ring (bicyclic) bond motifs is 1. The van der Waals surface area contributed by atoms with E-state index in [1.807, 2.05) is 10.9 Å². The molecular formula is C16H18FN3O. The summed E-state index contributed by atoms with van der Waals surface area (Å²) in [6.07, 6.45) is 6.56. The fraction of sp³-hybridized carbons (Fsp3) is 0.375. The molecular weight excluding hydrogens is 269 g/mol. The molecule has 1 aromatic heterocycles. The second kappa shape index (κ2) is 6.08. The Kier molecular flexibility index (Phi) is 3.99. The molecule has 1 aliphatic rings. The molecule has 3 rings (SSSR count).